The number of benzene rings is 3. The van der Waals surface area contributed by atoms with E-state index in [0.29, 0.717) is 4.90 Å². The van der Waals surface area contributed by atoms with Gasteiger partial charge in [-0.25, -0.2) is 0 Å². The number of rotatable bonds is 10. The molecule has 0 amide bonds. The number of hydrogen-bond donors (Lipinski definition) is 2. The Kier molecular flexibility index (Phi) is 9.65. The van der Waals surface area contributed by atoms with E-state index in [0.717, 1.165) is 15.9 Å². The smallest absolute Gasteiger partial charge is 0.261 e. The van der Waals surface area contributed by atoms with Crippen LogP contribution in [0.2, 0.25) is 5.04 Å². The first kappa shape index (κ1) is 28.0. The zero-order valence-corrected chi connectivity index (χ0v) is 24.1. The summed E-state index contributed by atoms with van der Waals surface area (Å²) in [5.41, 5.74) is 1.08. The van der Waals surface area contributed by atoms with Crippen molar-refractivity contribution in [3.05, 3.63) is 90.5 Å². The van der Waals surface area contributed by atoms with Crippen molar-refractivity contribution in [2.45, 2.75) is 54.7 Å². The Labute approximate surface area is 221 Å². The van der Waals surface area contributed by atoms with Crippen molar-refractivity contribution in [1.82, 2.24) is 0 Å². The van der Waals surface area contributed by atoms with Crippen molar-refractivity contribution in [1.29, 1.82) is 0 Å². The summed E-state index contributed by atoms with van der Waals surface area (Å²) in [6, 6.07) is 27.9. The molecule has 0 fully saturated rings. The third-order valence-electron chi connectivity index (χ3n) is 6.25. The third-order valence-corrected chi connectivity index (χ3v) is 13.5. The SMILES string of the molecule is Cc1ccc(S(=O)C[C@H](O)[C@H](O)[C@H](Br)CO[Si](c2ccccc2)(c2ccccc2)C(C)(C)C)cc1. The fourth-order valence-corrected chi connectivity index (χ4v) is 10.8. The predicted molar refractivity (Wildman–Crippen MR) is 151 cm³/mol. The van der Waals surface area contributed by atoms with E-state index in [1.54, 1.807) is 12.1 Å². The lowest BCUT2D eigenvalue weighted by Crippen LogP contribution is -2.67. The monoisotopic (exact) mass is 574 g/mol. The Morgan fingerprint density at radius 3 is 1.83 bits per heavy atom. The van der Waals surface area contributed by atoms with E-state index in [1.165, 1.54) is 0 Å². The Morgan fingerprint density at radius 1 is 0.886 bits per heavy atom. The number of hydrogen-bond acceptors (Lipinski definition) is 4. The highest BCUT2D eigenvalue weighted by Gasteiger charge is 2.50. The molecule has 2 N–H and O–H groups in total. The molecule has 0 spiro atoms. The molecule has 0 heterocycles. The number of aryl methyl sites for hydroxylation is 1. The summed E-state index contributed by atoms with van der Waals surface area (Å²) in [6.07, 6.45) is -2.30. The highest BCUT2D eigenvalue weighted by molar-refractivity contribution is 9.09. The van der Waals surface area contributed by atoms with Gasteiger partial charge in [0.15, 0.2) is 0 Å². The standard InChI is InChI=1S/C28H35BrO4SSi/c1-21-15-17-22(18-16-21)34(32)20-26(30)27(31)25(29)19-33-35(28(2,3)4,23-11-7-5-8-12-23)24-13-9-6-10-14-24/h5-18,25-27,30-31H,19-20H2,1-4H3/t25-,26+,27-,34?/m1/s1. The van der Waals surface area contributed by atoms with Gasteiger partial charge in [-0.3, -0.25) is 4.21 Å². The quantitative estimate of drug-likeness (QED) is 0.282. The van der Waals surface area contributed by atoms with Crippen LogP contribution in [0.4, 0.5) is 0 Å². The summed E-state index contributed by atoms with van der Waals surface area (Å²) in [5.74, 6) is -0.0501. The lowest BCUT2D eigenvalue weighted by molar-refractivity contribution is 0.0256. The molecule has 0 aliphatic heterocycles. The van der Waals surface area contributed by atoms with Crippen molar-refractivity contribution >= 4 is 45.4 Å². The van der Waals surface area contributed by atoms with Crippen LogP contribution < -0.4 is 10.4 Å². The Bertz CT molecular complexity index is 1050. The molecule has 1 unspecified atom stereocenters. The maximum absolute atomic E-state index is 12.7. The molecule has 4 nitrogen and oxygen atoms in total. The van der Waals surface area contributed by atoms with Crippen LogP contribution in [-0.4, -0.2) is 52.1 Å². The van der Waals surface area contributed by atoms with E-state index < -0.39 is 36.2 Å². The molecule has 35 heavy (non-hydrogen) atoms. The largest absolute Gasteiger partial charge is 0.406 e. The van der Waals surface area contributed by atoms with Gasteiger partial charge < -0.3 is 14.6 Å². The minimum atomic E-state index is -2.77. The lowest BCUT2D eigenvalue weighted by Gasteiger charge is -2.43. The average molecular weight is 576 g/mol. The fraction of sp³-hybridized carbons (Fsp3) is 0.357. The lowest BCUT2D eigenvalue weighted by atomic mass is 10.2. The highest BCUT2D eigenvalue weighted by Crippen LogP contribution is 2.37. The van der Waals surface area contributed by atoms with Crippen LogP contribution in [0.25, 0.3) is 0 Å². The van der Waals surface area contributed by atoms with Crippen molar-refractivity contribution in [2.24, 2.45) is 0 Å². The molecule has 0 aliphatic carbocycles. The van der Waals surface area contributed by atoms with Gasteiger partial charge in [-0.05, 0) is 34.5 Å². The van der Waals surface area contributed by atoms with Gasteiger partial charge in [0.2, 0.25) is 0 Å². The topological polar surface area (TPSA) is 66.8 Å². The molecule has 4 atom stereocenters. The molecule has 0 saturated carbocycles. The van der Waals surface area contributed by atoms with E-state index in [1.807, 2.05) is 55.5 Å². The molecule has 3 aromatic rings. The molecular weight excluding hydrogens is 540 g/mol. The maximum atomic E-state index is 12.7. The Balaban J connectivity index is 1.80. The van der Waals surface area contributed by atoms with Crippen LogP contribution in [0.15, 0.2) is 89.8 Å². The van der Waals surface area contributed by atoms with Crippen LogP contribution >= 0.6 is 15.9 Å². The van der Waals surface area contributed by atoms with Gasteiger partial charge in [-0.15, -0.1) is 0 Å². The van der Waals surface area contributed by atoms with Crippen LogP contribution in [-0.2, 0) is 15.2 Å². The Hall–Kier alpha value is -1.61. The minimum Gasteiger partial charge on any atom is -0.406 e. The van der Waals surface area contributed by atoms with E-state index >= 15 is 0 Å². The number of aliphatic hydroxyl groups is 2. The normalized spacial score (nSPS) is 15.9. The van der Waals surface area contributed by atoms with Gasteiger partial charge in [0.1, 0.15) is 0 Å². The fourth-order valence-electron chi connectivity index (χ4n) is 4.35. The molecule has 0 aliphatic rings. The van der Waals surface area contributed by atoms with Gasteiger partial charge >= 0.3 is 0 Å². The summed E-state index contributed by atoms with van der Waals surface area (Å²) in [6.45, 7) is 8.74. The number of aliphatic hydroxyl groups excluding tert-OH is 2. The number of halogens is 1. The molecule has 0 radical (unpaired) electrons. The molecule has 7 heteroatoms. The van der Waals surface area contributed by atoms with Gasteiger partial charge in [0.05, 0.1) is 33.6 Å². The minimum absolute atomic E-state index is 0.0501. The first-order valence-corrected chi connectivity index (χ1v) is 15.9. The van der Waals surface area contributed by atoms with E-state index in [2.05, 4.69) is 61.0 Å². The zero-order chi connectivity index (χ0) is 25.6. The Morgan fingerprint density at radius 2 is 1.37 bits per heavy atom. The predicted octanol–water partition coefficient (Wildman–Crippen LogP) is 4.16. The summed E-state index contributed by atoms with van der Waals surface area (Å²) >= 11 is 3.55. The first-order chi connectivity index (χ1) is 16.6. The molecule has 0 saturated heterocycles. The maximum Gasteiger partial charge on any atom is 0.261 e. The van der Waals surface area contributed by atoms with Gasteiger partial charge in [-0.1, -0.05) is 115 Å². The van der Waals surface area contributed by atoms with Crippen LogP contribution in [0, 0.1) is 6.92 Å². The summed E-state index contributed by atoms with van der Waals surface area (Å²) in [5, 5.41) is 23.7. The summed E-state index contributed by atoms with van der Waals surface area (Å²) in [4.78, 5) is 0.103. The molecule has 3 aromatic carbocycles. The van der Waals surface area contributed by atoms with E-state index in [4.69, 9.17) is 4.43 Å². The molecule has 188 valence electrons. The second-order valence-corrected chi connectivity index (χ2v) is 16.9. The van der Waals surface area contributed by atoms with Crippen LogP contribution in [0.1, 0.15) is 26.3 Å². The second kappa shape index (κ2) is 12.1. The van der Waals surface area contributed by atoms with Crippen molar-refractivity contribution in [3.8, 4) is 0 Å². The van der Waals surface area contributed by atoms with Crippen molar-refractivity contribution in [3.63, 3.8) is 0 Å². The third kappa shape index (κ3) is 6.59. The summed E-state index contributed by atoms with van der Waals surface area (Å²) < 4.78 is 19.6. The number of alkyl halides is 1. The van der Waals surface area contributed by atoms with E-state index in [-0.39, 0.29) is 17.4 Å². The highest BCUT2D eigenvalue weighted by atomic mass is 79.9. The second-order valence-electron chi connectivity index (χ2n) is 9.87. The first-order valence-electron chi connectivity index (χ1n) is 11.8. The van der Waals surface area contributed by atoms with E-state index in [9.17, 15) is 14.4 Å². The van der Waals surface area contributed by atoms with Gasteiger partial charge in [-0.2, -0.15) is 0 Å². The van der Waals surface area contributed by atoms with Crippen LogP contribution in [0.3, 0.4) is 0 Å². The molecular formula is C28H35BrO4SSi. The summed E-state index contributed by atoms with van der Waals surface area (Å²) in [7, 11) is -4.18. The van der Waals surface area contributed by atoms with Crippen molar-refractivity contribution < 1.29 is 18.8 Å². The zero-order valence-electron chi connectivity index (χ0n) is 20.7. The van der Waals surface area contributed by atoms with Crippen LogP contribution in [0.5, 0.6) is 0 Å². The van der Waals surface area contributed by atoms with Gasteiger partial charge in [0, 0.05) is 11.5 Å². The van der Waals surface area contributed by atoms with Crippen molar-refractivity contribution in [2.75, 3.05) is 12.4 Å². The molecule has 0 aromatic heterocycles. The van der Waals surface area contributed by atoms with Gasteiger partial charge in [0.25, 0.3) is 8.32 Å². The molecule has 3 rings (SSSR count). The average Bonchev–Trinajstić information content (AvgIpc) is 2.84. The molecule has 0 bridgehead atoms.